The lowest BCUT2D eigenvalue weighted by Crippen LogP contribution is -2.09. The minimum Gasteiger partial charge on any atom is -0.386 e. The number of nitrogens with zero attached hydrogens (tertiary/aromatic N) is 2. The number of rotatable bonds is 3. The normalized spacial score (nSPS) is 12.7. The van der Waals surface area contributed by atoms with Crippen molar-refractivity contribution in [3.63, 3.8) is 0 Å². The first-order chi connectivity index (χ1) is 8.06. The maximum absolute atomic E-state index is 13.0. The average Bonchev–Trinajstić information content (AvgIpc) is 2.68. The average molecular weight is 303 g/mol. The number of aliphatic hydroxyl groups excluding tert-OH is 1. The van der Waals surface area contributed by atoms with Gasteiger partial charge in [-0.15, -0.1) is 0 Å². The van der Waals surface area contributed by atoms with Crippen LogP contribution in [0, 0.1) is 11.6 Å². The van der Waals surface area contributed by atoms with E-state index >= 15 is 0 Å². The van der Waals surface area contributed by atoms with Crippen LogP contribution in [0.25, 0.3) is 0 Å². The first-order valence-corrected chi connectivity index (χ1v) is 5.66. The fourth-order valence-electron chi connectivity index (χ4n) is 1.44. The Labute approximate surface area is 105 Å². The van der Waals surface area contributed by atoms with Gasteiger partial charge in [0.25, 0.3) is 0 Å². The van der Waals surface area contributed by atoms with Gasteiger partial charge in [-0.05, 0) is 33.6 Å². The second-order valence-corrected chi connectivity index (χ2v) is 4.49. The summed E-state index contributed by atoms with van der Waals surface area (Å²) < 4.78 is 28.0. The Morgan fingerprint density at radius 1 is 1.35 bits per heavy atom. The van der Waals surface area contributed by atoms with Crippen molar-refractivity contribution in [1.29, 1.82) is 0 Å². The van der Waals surface area contributed by atoms with E-state index in [1.54, 1.807) is 12.4 Å². The highest BCUT2D eigenvalue weighted by Crippen LogP contribution is 2.18. The van der Waals surface area contributed by atoms with Crippen molar-refractivity contribution in [2.75, 3.05) is 0 Å². The third-order valence-corrected chi connectivity index (χ3v) is 2.70. The predicted molar refractivity (Wildman–Crippen MR) is 61.2 cm³/mol. The Bertz CT molecular complexity index is 530. The molecule has 1 aromatic carbocycles. The van der Waals surface area contributed by atoms with Crippen LogP contribution in [0.2, 0.25) is 0 Å². The van der Waals surface area contributed by atoms with Gasteiger partial charge in [0.2, 0.25) is 0 Å². The Morgan fingerprint density at radius 3 is 2.71 bits per heavy atom. The van der Waals surface area contributed by atoms with E-state index < -0.39 is 17.7 Å². The molecule has 1 N–H and O–H groups in total. The van der Waals surface area contributed by atoms with Crippen LogP contribution in [0.5, 0.6) is 0 Å². The molecule has 0 fully saturated rings. The summed E-state index contributed by atoms with van der Waals surface area (Å²) >= 11 is 3.22. The highest BCUT2D eigenvalue weighted by atomic mass is 79.9. The molecule has 90 valence electrons. The molecular weight excluding hydrogens is 294 g/mol. The summed E-state index contributed by atoms with van der Waals surface area (Å²) in [7, 11) is 0. The Morgan fingerprint density at radius 2 is 2.12 bits per heavy atom. The summed E-state index contributed by atoms with van der Waals surface area (Å²) in [5.74, 6) is -1.90. The molecule has 0 amide bonds. The van der Waals surface area contributed by atoms with Crippen LogP contribution in [0.15, 0.2) is 35.1 Å². The summed E-state index contributed by atoms with van der Waals surface area (Å²) in [5.41, 5.74) is 0.315. The number of aromatic nitrogens is 2. The van der Waals surface area contributed by atoms with Gasteiger partial charge in [0.05, 0.1) is 23.3 Å². The fourth-order valence-corrected chi connectivity index (χ4v) is 1.77. The number of benzene rings is 1. The van der Waals surface area contributed by atoms with Crippen molar-refractivity contribution in [2.24, 2.45) is 0 Å². The van der Waals surface area contributed by atoms with Crippen LogP contribution in [0.4, 0.5) is 8.78 Å². The van der Waals surface area contributed by atoms with Crippen LogP contribution in [0.3, 0.4) is 0 Å². The molecule has 1 unspecified atom stereocenters. The number of hydrogen-bond donors (Lipinski definition) is 1. The monoisotopic (exact) mass is 302 g/mol. The van der Waals surface area contributed by atoms with Crippen molar-refractivity contribution in [2.45, 2.75) is 12.6 Å². The SMILES string of the molecule is OC(Cn1cc(Br)cn1)c1ccc(F)c(F)c1. The van der Waals surface area contributed by atoms with E-state index in [2.05, 4.69) is 21.0 Å². The van der Waals surface area contributed by atoms with E-state index in [1.807, 2.05) is 0 Å². The van der Waals surface area contributed by atoms with Crippen molar-refractivity contribution in [1.82, 2.24) is 9.78 Å². The largest absolute Gasteiger partial charge is 0.386 e. The lowest BCUT2D eigenvalue weighted by Gasteiger charge is -2.11. The maximum Gasteiger partial charge on any atom is 0.159 e. The molecule has 2 rings (SSSR count). The van der Waals surface area contributed by atoms with E-state index in [0.29, 0.717) is 5.56 Å². The van der Waals surface area contributed by atoms with Gasteiger partial charge in [0.1, 0.15) is 0 Å². The van der Waals surface area contributed by atoms with E-state index in [9.17, 15) is 13.9 Å². The van der Waals surface area contributed by atoms with Crippen molar-refractivity contribution in [3.8, 4) is 0 Å². The number of hydrogen-bond acceptors (Lipinski definition) is 2. The molecule has 1 aromatic heterocycles. The highest BCUT2D eigenvalue weighted by molar-refractivity contribution is 9.10. The number of halogens is 3. The lowest BCUT2D eigenvalue weighted by molar-refractivity contribution is 0.151. The molecule has 0 bridgehead atoms. The molecule has 0 spiro atoms. The van der Waals surface area contributed by atoms with Crippen LogP contribution in [-0.2, 0) is 6.54 Å². The third kappa shape index (κ3) is 2.89. The third-order valence-electron chi connectivity index (χ3n) is 2.29. The molecule has 0 aliphatic rings. The molecule has 17 heavy (non-hydrogen) atoms. The fraction of sp³-hybridized carbons (Fsp3) is 0.182. The van der Waals surface area contributed by atoms with Crippen LogP contribution in [0.1, 0.15) is 11.7 Å². The maximum atomic E-state index is 13.0. The summed E-state index contributed by atoms with van der Waals surface area (Å²) in [6, 6.07) is 3.33. The minimum absolute atomic E-state index is 0.177. The zero-order chi connectivity index (χ0) is 12.4. The highest BCUT2D eigenvalue weighted by Gasteiger charge is 2.12. The Kier molecular flexibility index (Phi) is 3.54. The smallest absolute Gasteiger partial charge is 0.159 e. The summed E-state index contributed by atoms with van der Waals surface area (Å²) in [6.45, 7) is 0.177. The van der Waals surface area contributed by atoms with Crippen molar-refractivity contribution >= 4 is 15.9 Å². The standard InChI is InChI=1S/C11H9BrF2N2O/c12-8-4-15-16(5-8)6-11(17)7-1-2-9(13)10(14)3-7/h1-5,11,17H,6H2. The molecule has 1 atom stereocenters. The van der Waals surface area contributed by atoms with E-state index in [0.717, 1.165) is 16.6 Å². The molecule has 0 aliphatic heterocycles. The number of aliphatic hydroxyl groups is 1. The van der Waals surface area contributed by atoms with Gasteiger partial charge >= 0.3 is 0 Å². The molecule has 0 saturated carbocycles. The first-order valence-electron chi connectivity index (χ1n) is 4.87. The van der Waals surface area contributed by atoms with Gasteiger partial charge in [-0.25, -0.2) is 8.78 Å². The molecule has 0 saturated heterocycles. The molecule has 1 heterocycles. The van der Waals surface area contributed by atoms with E-state index in [-0.39, 0.29) is 6.54 Å². The predicted octanol–water partition coefficient (Wildman–Crippen LogP) is 2.66. The molecule has 0 aliphatic carbocycles. The summed E-state index contributed by atoms with van der Waals surface area (Å²) in [5, 5.41) is 13.8. The van der Waals surface area contributed by atoms with Gasteiger partial charge in [-0.2, -0.15) is 5.10 Å². The summed E-state index contributed by atoms with van der Waals surface area (Å²) in [4.78, 5) is 0. The molecule has 6 heteroatoms. The van der Waals surface area contributed by atoms with Crippen LogP contribution < -0.4 is 0 Å². The second kappa shape index (κ2) is 4.93. The lowest BCUT2D eigenvalue weighted by atomic mass is 10.1. The van der Waals surface area contributed by atoms with Crippen molar-refractivity contribution in [3.05, 3.63) is 52.3 Å². The van der Waals surface area contributed by atoms with Gasteiger partial charge in [0, 0.05) is 6.20 Å². The second-order valence-electron chi connectivity index (χ2n) is 3.57. The molecule has 2 aromatic rings. The van der Waals surface area contributed by atoms with Crippen molar-refractivity contribution < 1.29 is 13.9 Å². The summed E-state index contributed by atoms with van der Waals surface area (Å²) in [6.07, 6.45) is 2.33. The van der Waals surface area contributed by atoms with E-state index in [4.69, 9.17) is 0 Å². The zero-order valence-corrected chi connectivity index (χ0v) is 10.2. The molecule has 3 nitrogen and oxygen atoms in total. The minimum atomic E-state index is -0.969. The Balaban J connectivity index is 2.14. The quantitative estimate of drug-likeness (QED) is 0.946. The molecule has 0 radical (unpaired) electrons. The van der Waals surface area contributed by atoms with Gasteiger partial charge < -0.3 is 5.11 Å². The van der Waals surface area contributed by atoms with Crippen LogP contribution >= 0.6 is 15.9 Å². The van der Waals surface area contributed by atoms with Gasteiger partial charge in [-0.1, -0.05) is 6.07 Å². The Hall–Kier alpha value is -1.27. The zero-order valence-electron chi connectivity index (χ0n) is 8.65. The van der Waals surface area contributed by atoms with E-state index in [1.165, 1.54) is 10.7 Å². The van der Waals surface area contributed by atoms with Gasteiger partial charge in [-0.3, -0.25) is 4.68 Å². The van der Waals surface area contributed by atoms with Crippen LogP contribution in [-0.4, -0.2) is 14.9 Å². The van der Waals surface area contributed by atoms with Gasteiger partial charge in [0.15, 0.2) is 11.6 Å². The molecular formula is C11H9BrF2N2O. The topological polar surface area (TPSA) is 38.0 Å². The first kappa shape index (κ1) is 12.2.